The van der Waals surface area contributed by atoms with Crippen LogP contribution in [0.25, 0.3) is 0 Å². The quantitative estimate of drug-likeness (QED) is 0.674. The van der Waals surface area contributed by atoms with Crippen molar-refractivity contribution in [2.75, 3.05) is 21.7 Å². The lowest BCUT2D eigenvalue weighted by atomic mass is 9.97. The second kappa shape index (κ2) is 4.94. The number of anilines is 3. The number of nitrogens with one attached hydrogen (secondary N) is 1. The molecular formula is C19H19N5O5. The van der Waals surface area contributed by atoms with Gasteiger partial charge < -0.3 is 5.32 Å². The first kappa shape index (κ1) is 17.7. The van der Waals surface area contributed by atoms with Crippen LogP contribution in [0.15, 0.2) is 18.2 Å². The summed E-state index contributed by atoms with van der Waals surface area (Å²) in [5, 5.41) is 2.65. The van der Waals surface area contributed by atoms with Crippen molar-refractivity contribution in [2.24, 2.45) is 5.92 Å². The Morgan fingerprint density at radius 3 is 2.41 bits per heavy atom. The first-order valence-corrected chi connectivity index (χ1v) is 9.29. The third-order valence-corrected chi connectivity index (χ3v) is 6.10. The second-order valence-electron chi connectivity index (χ2n) is 8.23. The number of hydrogen-bond donors (Lipinski definition) is 1. The van der Waals surface area contributed by atoms with Crippen LogP contribution in [0.2, 0.25) is 0 Å². The molecule has 4 heterocycles. The Morgan fingerprint density at radius 1 is 1.07 bits per heavy atom. The van der Waals surface area contributed by atoms with Gasteiger partial charge in [0.2, 0.25) is 17.7 Å². The average molecular weight is 397 g/mol. The molecule has 2 unspecified atom stereocenters. The Morgan fingerprint density at radius 2 is 1.76 bits per heavy atom. The fraction of sp³-hybridized carbons (Fsp3) is 0.421. The van der Waals surface area contributed by atoms with Gasteiger partial charge in [-0.2, -0.15) is 0 Å². The molecule has 4 aliphatic heterocycles. The standard InChI is InChI=1S/C19H19N5O5/c1-9-15(27)21-8-14(26)22-13-7-11(20-10(2)25)5-6-12(13)23-17(29)18(3,4)24(16(9)28)19(21,22)23/h5-7,9H,8H2,1-4H3,(H,20,25). The molecule has 0 saturated carbocycles. The highest BCUT2D eigenvalue weighted by atomic mass is 16.2. The summed E-state index contributed by atoms with van der Waals surface area (Å²) < 4.78 is 0. The summed E-state index contributed by atoms with van der Waals surface area (Å²) >= 11 is 0. The minimum atomic E-state index is -1.66. The van der Waals surface area contributed by atoms with Gasteiger partial charge >= 0.3 is 0 Å². The maximum atomic E-state index is 13.5. The van der Waals surface area contributed by atoms with Crippen LogP contribution < -0.4 is 15.1 Å². The molecule has 5 amide bonds. The van der Waals surface area contributed by atoms with Crippen LogP contribution in [0.1, 0.15) is 27.7 Å². The number of benzene rings is 1. The van der Waals surface area contributed by atoms with E-state index in [0.29, 0.717) is 17.1 Å². The molecule has 10 heteroatoms. The van der Waals surface area contributed by atoms with E-state index < -0.39 is 35.1 Å². The minimum Gasteiger partial charge on any atom is -0.326 e. The molecule has 5 rings (SSSR count). The van der Waals surface area contributed by atoms with Crippen molar-refractivity contribution in [3.05, 3.63) is 18.2 Å². The number of rotatable bonds is 1. The number of hydrogen-bond acceptors (Lipinski definition) is 5. The Kier molecular flexibility index (Phi) is 3.01. The lowest BCUT2D eigenvalue weighted by Crippen LogP contribution is -2.76. The van der Waals surface area contributed by atoms with E-state index in [2.05, 4.69) is 5.32 Å². The molecule has 3 fully saturated rings. The summed E-state index contributed by atoms with van der Waals surface area (Å²) in [6, 6.07) is 4.81. The van der Waals surface area contributed by atoms with Gasteiger partial charge in [0.15, 0.2) is 0 Å². The first-order chi connectivity index (χ1) is 13.5. The van der Waals surface area contributed by atoms with Crippen LogP contribution in [0.4, 0.5) is 17.1 Å². The van der Waals surface area contributed by atoms with E-state index in [4.69, 9.17) is 0 Å². The molecule has 1 N–H and O–H groups in total. The van der Waals surface area contributed by atoms with Gasteiger partial charge in [0.25, 0.3) is 17.7 Å². The maximum absolute atomic E-state index is 13.5. The van der Waals surface area contributed by atoms with E-state index in [9.17, 15) is 24.0 Å². The Bertz CT molecular complexity index is 1070. The van der Waals surface area contributed by atoms with Gasteiger partial charge in [0, 0.05) is 12.6 Å². The summed E-state index contributed by atoms with van der Waals surface area (Å²) in [6.07, 6.45) is 0. The smallest absolute Gasteiger partial charge is 0.297 e. The van der Waals surface area contributed by atoms with Gasteiger partial charge in [0.1, 0.15) is 18.0 Å². The molecule has 2 atom stereocenters. The zero-order valence-corrected chi connectivity index (χ0v) is 16.3. The lowest BCUT2D eigenvalue weighted by Gasteiger charge is -2.50. The fourth-order valence-corrected chi connectivity index (χ4v) is 4.94. The van der Waals surface area contributed by atoms with Crippen molar-refractivity contribution in [3.63, 3.8) is 0 Å². The molecular weight excluding hydrogens is 378 g/mol. The van der Waals surface area contributed by atoms with Crippen LogP contribution in [-0.4, -0.2) is 57.3 Å². The molecule has 3 saturated heterocycles. The average Bonchev–Trinajstić information content (AvgIpc) is 3.14. The van der Waals surface area contributed by atoms with Crippen LogP contribution in [0.5, 0.6) is 0 Å². The first-order valence-electron chi connectivity index (χ1n) is 9.29. The molecule has 0 bridgehead atoms. The zero-order chi connectivity index (χ0) is 21.0. The van der Waals surface area contributed by atoms with E-state index in [1.54, 1.807) is 32.0 Å². The molecule has 4 aliphatic rings. The molecule has 0 aliphatic carbocycles. The molecule has 29 heavy (non-hydrogen) atoms. The van der Waals surface area contributed by atoms with E-state index in [1.807, 2.05) is 0 Å². The Hall–Kier alpha value is -3.43. The molecule has 1 aromatic carbocycles. The van der Waals surface area contributed by atoms with Crippen molar-refractivity contribution in [2.45, 2.75) is 39.1 Å². The van der Waals surface area contributed by atoms with Crippen LogP contribution in [0, 0.1) is 5.92 Å². The van der Waals surface area contributed by atoms with E-state index >= 15 is 0 Å². The van der Waals surface area contributed by atoms with Crippen LogP contribution >= 0.6 is 0 Å². The highest BCUT2D eigenvalue weighted by molar-refractivity contribution is 6.22. The summed E-state index contributed by atoms with van der Waals surface area (Å²) in [4.78, 5) is 69.6. The van der Waals surface area contributed by atoms with Gasteiger partial charge in [-0.15, -0.1) is 0 Å². The van der Waals surface area contributed by atoms with Crippen molar-refractivity contribution in [3.8, 4) is 0 Å². The monoisotopic (exact) mass is 397 g/mol. The van der Waals surface area contributed by atoms with Crippen LogP contribution in [-0.2, 0) is 24.0 Å². The predicted octanol–water partition coefficient (Wildman–Crippen LogP) is 0.0486. The molecule has 0 aromatic heterocycles. The van der Waals surface area contributed by atoms with Gasteiger partial charge in [-0.1, -0.05) is 0 Å². The van der Waals surface area contributed by atoms with Crippen molar-refractivity contribution in [1.29, 1.82) is 0 Å². The third kappa shape index (κ3) is 1.71. The maximum Gasteiger partial charge on any atom is 0.297 e. The fourth-order valence-electron chi connectivity index (χ4n) is 4.94. The Balaban J connectivity index is 1.81. The number of fused-ring (bicyclic) bond motifs is 3. The molecule has 10 nitrogen and oxygen atoms in total. The van der Waals surface area contributed by atoms with Crippen molar-refractivity contribution < 1.29 is 24.0 Å². The predicted molar refractivity (Wildman–Crippen MR) is 100 cm³/mol. The van der Waals surface area contributed by atoms with Crippen LogP contribution in [0.3, 0.4) is 0 Å². The molecule has 0 radical (unpaired) electrons. The summed E-state index contributed by atoms with van der Waals surface area (Å²) in [6.45, 7) is 5.85. The second-order valence-corrected chi connectivity index (χ2v) is 8.23. The Labute approximate surface area is 166 Å². The van der Waals surface area contributed by atoms with E-state index in [0.717, 1.165) is 0 Å². The number of nitrogens with zero attached hydrogens (tertiary/aromatic N) is 4. The highest BCUT2D eigenvalue weighted by Crippen LogP contribution is 2.59. The van der Waals surface area contributed by atoms with Gasteiger partial charge in [0.05, 0.1) is 11.4 Å². The topological polar surface area (TPSA) is 110 Å². The number of carbonyl (C=O) groups is 5. The summed E-state index contributed by atoms with van der Waals surface area (Å²) in [7, 11) is 0. The highest BCUT2D eigenvalue weighted by Gasteiger charge is 2.79. The van der Waals surface area contributed by atoms with Crippen molar-refractivity contribution in [1.82, 2.24) is 9.80 Å². The van der Waals surface area contributed by atoms with Gasteiger partial charge in [-0.05, 0) is 39.0 Å². The normalized spacial score (nSPS) is 28.8. The van der Waals surface area contributed by atoms with Gasteiger partial charge in [-0.3, -0.25) is 33.8 Å². The molecule has 1 aromatic rings. The lowest BCUT2D eigenvalue weighted by molar-refractivity contribution is -0.175. The summed E-state index contributed by atoms with van der Waals surface area (Å²) in [5.74, 6) is -4.71. The van der Waals surface area contributed by atoms with Crippen molar-refractivity contribution >= 4 is 46.6 Å². The molecule has 150 valence electrons. The minimum absolute atomic E-state index is 0.239. The van der Waals surface area contributed by atoms with E-state index in [1.165, 1.54) is 33.4 Å². The summed E-state index contributed by atoms with van der Waals surface area (Å²) in [5.41, 5.74) is -0.0259. The molecule has 1 spiro atoms. The third-order valence-electron chi connectivity index (χ3n) is 6.10. The zero-order valence-electron chi connectivity index (χ0n) is 16.3. The van der Waals surface area contributed by atoms with Gasteiger partial charge in [-0.25, -0.2) is 9.80 Å². The largest absolute Gasteiger partial charge is 0.326 e. The van der Waals surface area contributed by atoms with E-state index in [-0.39, 0.29) is 18.4 Å². The number of amides is 5. The SMILES string of the molecule is CC(=O)Nc1ccc2c(c1)N1C(=O)CN3C(=O)C(C)C(=O)N4C(C)(C)C(=O)N2C314. The number of carbonyl (C=O) groups excluding carboxylic acids is 5.